The number of hydrogen-bond acceptors (Lipinski definition) is 2. The molecule has 0 unspecified atom stereocenters. The molecule has 0 saturated heterocycles. The summed E-state index contributed by atoms with van der Waals surface area (Å²) in [6.45, 7) is 11.7. The second kappa shape index (κ2) is 3.40. The third kappa shape index (κ3) is 5.35. The van der Waals surface area contributed by atoms with Gasteiger partial charge >= 0.3 is 0 Å². The smallest absolute Gasteiger partial charge is 0.0566 e. The summed E-state index contributed by atoms with van der Waals surface area (Å²) in [6.07, 6.45) is 1.72. The standard InChI is InChI=1S/C8H16N2/c1-6-7(2)9-10-8(3,4)5/h6,10H,1H2,2-5H3. The van der Waals surface area contributed by atoms with Crippen LogP contribution in [-0.2, 0) is 0 Å². The molecule has 0 aromatic carbocycles. The maximum atomic E-state index is 4.06. The fraction of sp³-hybridized carbons (Fsp3) is 0.625. The lowest BCUT2D eigenvalue weighted by atomic mass is 10.1. The summed E-state index contributed by atoms with van der Waals surface area (Å²) in [5.41, 5.74) is 3.95. The van der Waals surface area contributed by atoms with Gasteiger partial charge in [0, 0.05) is 5.54 Å². The molecule has 58 valence electrons. The van der Waals surface area contributed by atoms with E-state index in [1.807, 2.05) is 6.92 Å². The molecule has 0 atom stereocenters. The average Bonchev–Trinajstić information content (AvgIpc) is 1.81. The molecule has 0 aliphatic rings. The van der Waals surface area contributed by atoms with Crippen molar-refractivity contribution in [2.24, 2.45) is 5.10 Å². The van der Waals surface area contributed by atoms with Gasteiger partial charge in [-0.3, -0.25) is 0 Å². The van der Waals surface area contributed by atoms with Crippen molar-refractivity contribution in [2.75, 3.05) is 0 Å². The highest BCUT2D eigenvalue weighted by atomic mass is 15.3. The Balaban J connectivity index is 3.84. The van der Waals surface area contributed by atoms with Crippen LogP contribution in [0, 0.1) is 0 Å². The molecule has 2 heteroatoms. The summed E-state index contributed by atoms with van der Waals surface area (Å²) in [5.74, 6) is 0. The Hall–Kier alpha value is -0.790. The molecule has 0 aromatic heterocycles. The van der Waals surface area contributed by atoms with Crippen molar-refractivity contribution in [1.82, 2.24) is 5.43 Å². The average molecular weight is 140 g/mol. The van der Waals surface area contributed by atoms with Crippen LogP contribution < -0.4 is 5.43 Å². The Bertz CT molecular complexity index is 140. The molecule has 0 heterocycles. The second-order valence-electron chi connectivity index (χ2n) is 3.32. The lowest BCUT2D eigenvalue weighted by Crippen LogP contribution is -2.31. The molecule has 0 saturated carbocycles. The van der Waals surface area contributed by atoms with Crippen LogP contribution in [0.15, 0.2) is 17.8 Å². The summed E-state index contributed by atoms with van der Waals surface area (Å²) in [6, 6.07) is 0. The highest BCUT2D eigenvalue weighted by Gasteiger charge is 2.05. The largest absolute Gasteiger partial charge is 0.305 e. The Morgan fingerprint density at radius 2 is 2.00 bits per heavy atom. The fourth-order valence-corrected chi connectivity index (χ4v) is 0.302. The molecule has 0 aromatic rings. The van der Waals surface area contributed by atoms with Gasteiger partial charge in [0.25, 0.3) is 0 Å². The maximum Gasteiger partial charge on any atom is 0.0566 e. The molecular weight excluding hydrogens is 124 g/mol. The predicted molar refractivity (Wildman–Crippen MR) is 46.2 cm³/mol. The van der Waals surface area contributed by atoms with Crippen molar-refractivity contribution < 1.29 is 0 Å². The first kappa shape index (κ1) is 9.21. The zero-order valence-corrected chi connectivity index (χ0v) is 7.23. The summed E-state index contributed by atoms with van der Waals surface area (Å²) >= 11 is 0. The number of hydrogen-bond donors (Lipinski definition) is 1. The molecule has 0 spiro atoms. The summed E-state index contributed by atoms with van der Waals surface area (Å²) in [4.78, 5) is 0. The van der Waals surface area contributed by atoms with Gasteiger partial charge in [0.1, 0.15) is 0 Å². The number of nitrogens with one attached hydrogen (secondary N) is 1. The van der Waals surface area contributed by atoms with Gasteiger partial charge in [0.2, 0.25) is 0 Å². The van der Waals surface area contributed by atoms with Crippen LogP contribution >= 0.6 is 0 Å². The van der Waals surface area contributed by atoms with Crippen molar-refractivity contribution in [1.29, 1.82) is 0 Å². The maximum absolute atomic E-state index is 4.06. The van der Waals surface area contributed by atoms with Crippen molar-refractivity contribution in [3.63, 3.8) is 0 Å². The van der Waals surface area contributed by atoms with Crippen LogP contribution in [0.4, 0.5) is 0 Å². The number of allylic oxidation sites excluding steroid dienone is 1. The molecule has 0 fully saturated rings. The second-order valence-corrected chi connectivity index (χ2v) is 3.32. The summed E-state index contributed by atoms with van der Waals surface area (Å²) in [7, 11) is 0. The number of nitrogens with zero attached hydrogens (tertiary/aromatic N) is 1. The van der Waals surface area contributed by atoms with Gasteiger partial charge in [0.15, 0.2) is 0 Å². The Morgan fingerprint density at radius 1 is 1.50 bits per heavy atom. The van der Waals surface area contributed by atoms with E-state index in [1.165, 1.54) is 0 Å². The molecule has 0 aliphatic heterocycles. The van der Waals surface area contributed by atoms with Gasteiger partial charge in [-0.25, -0.2) is 0 Å². The SMILES string of the molecule is C=CC(C)=NNC(C)(C)C. The topological polar surface area (TPSA) is 24.4 Å². The molecule has 0 radical (unpaired) electrons. The van der Waals surface area contributed by atoms with Gasteiger partial charge < -0.3 is 5.43 Å². The third-order valence-corrected chi connectivity index (χ3v) is 0.863. The van der Waals surface area contributed by atoms with E-state index in [1.54, 1.807) is 6.08 Å². The Kier molecular flexibility index (Phi) is 3.13. The third-order valence-electron chi connectivity index (χ3n) is 0.863. The first-order chi connectivity index (χ1) is 4.45. The molecule has 0 amide bonds. The predicted octanol–water partition coefficient (Wildman–Crippen LogP) is 1.94. The van der Waals surface area contributed by atoms with Crippen molar-refractivity contribution in [2.45, 2.75) is 33.2 Å². The van der Waals surface area contributed by atoms with E-state index in [2.05, 4.69) is 37.9 Å². The van der Waals surface area contributed by atoms with Gasteiger partial charge in [-0.05, 0) is 33.8 Å². The van der Waals surface area contributed by atoms with E-state index in [0.29, 0.717) is 0 Å². The van der Waals surface area contributed by atoms with E-state index in [0.717, 1.165) is 5.71 Å². The van der Waals surface area contributed by atoms with Gasteiger partial charge in [-0.2, -0.15) is 5.10 Å². The van der Waals surface area contributed by atoms with Crippen LogP contribution in [0.25, 0.3) is 0 Å². The first-order valence-electron chi connectivity index (χ1n) is 3.39. The summed E-state index contributed by atoms with van der Waals surface area (Å²) in [5, 5.41) is 4.06. The fourth-order valence-electron chi connectivity index (χ4n) is 0.302. The van der Waals surface area contributed by atoms with Crippen molar-refractivity contribution in [3.8, 4) is 0 Å². The number of rotatable bonds is 2. The van der Waals surface area contributed by atoms with Gasteiger partial charge in [-0.1, -0.05) is 6.58 Å². The first-order valence-corrected chi connectivity index (χ1v) is 3.39. The lowest BCUT2D eigenvalue weighted by molar-refractivity contribution is 0.441. The summed E-state index contributed by atoms with van der Waals surface area (Å²) < 4.78 is 0. The highest BCUT2D eigenvalue weighted by molar-refractivity contribution is 5.91. The molecule has 2 nitrogen and oxygen atoms in total. The molecule has 0 aliphatic carbocycles. The van der Waals surface area contributed by atoms with E-state index >= 15 is 0 Å². The van der Waals surface area contributed by atoms with Crippen molar-refractivity contribution in [3.05, 3.63) is 12.7 Å². The molecule has 0 bridgehead atoms. The highest BCUT2D eigenvalue weighted by Crippen LogP contribution is 1.97. The Morgan fingerprint density at radius 3 is 2.30 bits per heavy atom. The van der Waals surface area contributed by atoms with E-state index < -0.39 is 0 Å². The number of hydrazone groups is 1. The van der Waals surface area contributed by atoms with Crippen LogP contribution in [-0.4, -0.2) is 11.3 Å². The van der Waals surface area contributed by atoms with E-state index in [9.17, 15) is 0 Å². The Labute approximate surface area is 63.0 Å². The quantitative estimate of drug-likeness (QED) is 0.460. The lowest BCUT2D eigenvalue weighted by Gasteiger charge is -2.17. The minimum atomic E-state index is 0.0459. The van der Waals surface area contributed by atoms with Gasteiger partial charge in [-0.15, -0.1) is 0 Å². The minimum absolute atomic E-state index is 0.0459. The van der Waals surface area contributed by atoms with E-state index in [-0.39, 0.29) is 5.54 Å². The molecule has 10 heavy (non-hydrogen) atoms. The normalized spacial score (nSPS) is 13.0. The van der Waals surface area contributed by atoms with Crippen molar-refractivity contribution >= 4 is 5.71 Å². The molecular formula is C8H16N2. The van der Waals surface area contributed by atoms with Crippen LogP contribution in [0.1, 0.15) is 27.7 Å². The van der Waals surface area contributed by atoms with E-state index in [4.69, 9.17) is 0 Å². The van der Waals surface area contributed by atoms with Crippen LogP contribution in [0.3, 0.4) is 0 Å². The monoisotopic (exact) mass is 140 g/mol. The molecule has 0 rings (SSSR count). The van der Waals surface area contributed by atoms with Crippen LogP contribution in [0.5, 0.6) is 0 Å². The van der Waals surface area contributed by atoms with Gasteiger partial charge in [0.05, 0.1) is 5.71 Å². The van der Waals surface area contributed by atoms with Crippen LogP contribution in [0.2, 0.25) is 0 Å². The molecule has 1 N–H and O–H groups in total. The zero-order valence-electron chi connectivity index (χ0n) is 7.23. The zero-order chi connectivity index (χ0) is 8.20. The minimum Gasteiger partial charge on any atom is -0.305 e.